The van der Waals surface area contributed by atoms with Crippen LogP contribution in [0.2, 0.25) is 0 Å². The summed E-state index contributed by atoms with van der Waals surface area (Å²) in [5.41, 5.74) is 0. The summed E-state index contributed by atoms with van der Waals surface area (Å²) in [6.45, 7) is 6.52. The number of amides is 1. The van der Waals surface area contributed by atoms with E-state index in [1.165, 1.54) is 13.3 Å². The number of nitrogens with zero attached hydrogens (tertiary/aromatic N) is 1. The van der Waals surface area contributed by atoms with Crippen LogP contribution in [0, 0.1) is 5.92 Å². The Bertz CT molecular complexity index is 237. The van der Waals surface area contributed by atoms with Crippen molar-refractivity contribution in [2.45, 2.75) is 46.1 Å². The fraction of sp³-hybridized carbons (Fsp3) is 0.818. The van der Waals surface area contributed by atoms with Crippen LogP contribution in [0.1, 0.15) is 40.0 Å². The molecule has 3 nitrogen and oxygen atoms in total. The van der Waals surface area contributed by atoms with Crippen molar-refractivity contribution in [2.24, 2.45) is 5.92 Å². The molecule has 0 radical (unpaired) electrons. The van der Waals surface area contributed by atoms with Crippen molar-refractivity contribution in [1.82, 2.24) is 4.90 Å². The molecule has 14 heavy (non-hydrogen) atoms. The Morgan fingerprint density at radius 3 is 2.57 bits per heavy atom. The standard InChI is InChI=1S/C11H19NO2/c1-8-5-4-6-12(10(8)3)11(14)7-9(2)13/h8,10H,4-7H2,1-3H3. The van der Waals surface area contributed by atoms with Gasteiger partial charge in [0.05, 0.1) is 6.42 Å². The Morgan fingerprint density at radius 2 is 2.00 bits per heavy atom. The molecule has 3 heteroatoms. The van der Waals surface area contributed by atoms with Gasteiger partial charge in [0.15, 0.2) is 0 Å². The molecule has 0 aromatic heterocycles. The Kier molecular flexibility index (Phi) is 3.67. The molecule has 2 unspecified atom stereocenters. The van der Waals surface area contributed by atoms with Crippen LogP contribution >= 0.6 is 0 Å². The Balaban J connectivity index is 2.57. The first kappa shape index (κ1) is 11.2. The molecule has 1 heterocycles. The number of carbonyl (C=O) groups is 2. The second kappa shape index (κ2) is 4.58. The van der Waals surface area contributed by atoms with Gasteiger partial charge in [-0.1, -0.05) is 6.92 Å². The van der Waals surface area contributed by atoms with Gasteiger partial charge >= 0.3 is 0 Å². The highest BCUT2D eigenvalue weighted by Gasteiger charge is 2.28. The molecule has 0 aromatic rings. The van der Waals surface area contributed by atoms with Crippen molar-refractivity contribution in [2.75, 3.05) is 6.54 Å². The smallest absolute Gasteiger partial charge is 0.230 e. The third-order valence-corrected chi connectivity index (χ3v) is 3.09. The van der Waals surface area contributed by atoms with E-state index in [-0.39, 0.29) is 24.2 Å². The van der Waals surface area contributed by atoms with E-state index in [0.717, 1.165) is 13.0 Å². The quantitative estimate of drug-likeness (QED) is 0.631. The van der Waals surface area contributed by atoms with Crippen LogP contribution < -0.4 is 0 Å². The molecule has 1 rings (SSSR count). The maximum absolute atomic E-state index is 11.7. The largest absolute Gasteiger partial charge is 0.339 e. The van der Waals surface area contributed by atoms with E-state index < -0.39 is 0 Å². The molecule has 0 saturated carbocycles. The number of hydrogen-bond acceptors (Lipinski definition) is 2. The second-order valence-electron chi connectivity index (χ2n) is 4.33. The van der Waals surface area contributed by atoms with Gasteiger partial charge in [-0.3, -0.25) is 9.59 Å². The number of carbonyl (C=O) groups excluding carboxylic acids is 2. The summed E-state index contributed by atoms with van der Waals surface area (Å²) < 4.78 is 0. The molecule has 0 bridgehead atoms. The van der Waals surface area contributed by atoms with Crippen LogP contribution in [-0.4, -0.2) is 29.2 Å². The zero-order valence-electron chi connectivity index (χ0n) is 9.25. The van der Waals surface area contributed by atoms with Crippen LogP contribution in [0.3, 0.4) is 0 Å². The summed E-state index contributed by atoms with van der Waals surface area (Å²) in [5.74, 6) is 0.511. The normalized spacial score (nSPS) is 27.5. The second-order valence-corrected chi connectivity index (χ2v) is 4.33. The van der Waals surface area contributed by atoms with Gasteiger partial charge in [-0.05, 0) is 32.6 Å². The van der Waals surface area contributed by atoms with Crippen molar-refractivity contribution < 1.29 is 9.59 Å². The molecule has 2 atom stereocenters. The maximum Gasteiger partial charge on any atom is 0.230 e. The molecule has 80 valence electrons. The topological polar surface area (TPSA) is 37.4 Å². The van der Waals surface area contributed by atoms with E-state index in [2.05, 4.69) is 13.8 Å². The van der Waals surface area contributed by atoms with E-state index in [1.807, 2.05) is 4.90 Å². The van der Waals surface area contributed by atoms with E-state index in [9.17, 15) is 9.59 Å². The van der Waals surface area contributed by atoms with Gasteiger partial charge in [0.2, 0.25) is 5.91 Å². The minimum Gasteiger partial charge on any atom is -0.339 e. The summed E-state index contributed by atoms with van der Waals surface area (Å²) >= 11 is 0. The molecular weight excluding hydrogens is 178 g/mol. The lowest BCUT2D eigenvalue weighted by molar-refractivity contribution is -0.138. The lowest BCUT2D eigenvalue weighted by Crippen LogP contribution is -2.46. The number of Topliss-reactive ketones (excluding diaryl/α,β-unsaturated/α-hetero) is 1. The third-order valence-electron chi connectivity index (χ3n) is 3.09. The Labute approximate surface area is 85.5 Å². The summed E-state index contributed by atoms with van der Waals surface area (Å²) in [4.78, 5) is 24.4. The van der Waals surface area contributed by atoms with Gasteiger partial charge in [0, 0.05) is 12.6 Å². The van der Waals surface area contributed by atoms with E-state index >= 15 is 0 Å². The first-order valence-corrected chi connectivity index (χ1v) is 5.31. The van der Waals surface area contributed by atoms with Crippen LogP contribution in [0.5, 0.6) is 0 Å². The minimum atomic E-state index is -0.0413. The minimum absolute atomic E-state index is 0.00319. The summed E-state index contributed by atoms with van der Waals surface area (Å²) in [5, 5.41) is 0. The van der Waals surface area contributed by atoms with E-state index in [4.69, 9.17) is 0 Å². The summed E-state index contributed by atoms with van der Waals surface area (Å²) in [7, 11) is 0. The molecule has 0 spiro atoms. The van der Waals surface area contributed by atoms with Gasteiger partial charge < -0.3 is 4.90 Å². The van der Waals surface area contributed by atoms with Crippen LogP contribution in [-0.2, 0) is 9.59 Å². The van der Waals surface area contributed by atoms with E-state index in [1.54, 1.807) is 0 Å². The number of ketones is 1. The molecule has 1 amide bonds. The van der Waals surface area contributed by atoms with Gasteiger partial charge in [-0.2, -0.15) is 0 Å². The molecule has 0 aromatic carbocycles. The molecule has 1 saturated heterocycles. The Hall–Kier alpha value is -0.860. The molecule has 0 aliphatic carbocycles. The number of piperidine rings is 1. The number of likely N-dealkylation sites (tertiary alicyclic amines) is 1. The maximum atomic E-state index is 11.7. The lowest BCUT2D eigenvalue weighted by atomic mass is 9.92. The van der Waals surface area contributed by atoms with Crippen molar-refractivity contribution in [3.05, 3.63) is 0 Å². The molecule has 0 N–H and O–H groups in total. The SMILES string of the molecule is CC(=O)CC(=O)N1CCCC(C)C1C. The average Bonchev–Trinajstić information content (AvgIpc) is 2.08. The first-order chi connectivity index (χ1) is 6.52. The highest BCUT2D eigenvalue weighted by Crippen LogP contribution is 2.23. The molecule has 1 aliphatic rings. The average molecular weight is 197 g/mol. The molecule has 1 aliphatic heterocycles. The van der Waals surface area contributed by atoms with Crippen molar-refractivity contribution >= 4 is 11.7 Å². The van der Waals surface area contributed by atoms with Crippen LogP contribution in [0.4, 0.5) is 0 Å². The van der Waals surface area contributed by atoms with Gasteiger partial charge in [0.25, 0.3) is 0 Å². The zero-order chi connectivity index (χ0) is 10.7. The monoisotopic (exact) mass is 197 g/mol. The van der Waals surface area contributed by atoms with Gasteiger partial charge in [-0.15, -0.1) is 0 Å². The first-order valence-electron chi connectivity index (χ1n) is 5.31. The van der Waals surface area contributed by atoms with Gasteiger partial charge in [0.1, 0.15) is 5.78 Å². The van der Waals surface area contributed by atoms with Crippen molar-refractivity contribution in [3.63, 3.8) is 0 Å². The van der Waals surface area contributed by atoms with Crippen LogP contribution in [0.25, 0.3) is 0 Å². The number of hydrogen-bond donors (Lipinski definition) is 0. The highest BCUT2D eigenvalue weighted by atomic mass is 16.2. The van der Waals surface area contributed by atoms with Crippen LogP contribution in [0.15, 0.2) is 0 Å². The van der Waals surface area contributed by atoms with Crippen molar-refractivity contribution in [1.29, 1.82) is 0 Å². The Morgan fingerprint density at radius 1 is 1.36 bits per heavy atom. The van der Waals surface area contributed by atoms with Gasteiger partial charge in [-0.25, -0.2) is 0 Å². The highest BCUT2D eigenvalue weighted by molar-refractivity contribution is 5.96. The fourth-order valence-corrected chi connectivity index (χ4v) is 2.00. The fourth-order valence-electron chi connectivity index (χ4n) is 2.00. The summed E-state index contributed by atoms with van der Waals surface area (Å²) in [6, 6.07) is 0.288. The van der Waals surface area contributed by atoms with Crippen molar-refractivity contribution in [3.8, 4) is 0 Å². The predicted octanol–water partition coefficient (Wildman–Crippen LogP) is 1.61. The number of rotatable bonds is 2. The molecular formula is C11H19NO2. The van der Waals surface area contributed by atoms with E-state index in [0.29, 0.717) is 5.92 Å². The zero-order valence-corrected chi connectivity index (χ0v) is 9.25. The summed E-state index contributed by atoms with van der Waals surface area (Å²) in [6.07, 6.45) is 2.32. The molecule has 1 fully saturated rings. The third kappa shape index (κ3) is 2.56. The predicted molar refractivity (Wildman–Crippen MR) is 54.9 cm³/mol. The lowest BCUT2D eigenvalue weighted by Gasteiger charge is -2.37.